The van der Waals surface area contributed by atoms with E-state index < -0.39 is 0 Å². The van der Waals surface area contributed by atoms with Gasteiger partial charge >= 0.3 is 0 Å². The van der Waals surface area contributed by atoms with Crippen LogP contribution in [0.2, 0.25) is 0 Å². The van der Waals surface area contributed by atoms with Gasteiger partial charge in [0.2, 0.25) is 0 Å². The van der Waals surface area contributed by atoms with Crippen LogP contribution in [0, 0.1) is 6.92 Å². The number of hydrogen-bond acceptors (Lipinski definition) is 2. The van der Waals surface area contributed by atoms with Crippen molar-refractivity contribution in [3.8, 4) is 17.0 Å². The standard InChI is InChI=1S/C18H20N2O/c1-4-12-20-18(14-8-10-15(21-3)11-9-14)16-7-5-6-13(2)17(16)19-20/h5-11H,4,12H2,1-3H3. The Balaban J connectivity index is 2.22. The zero-order chi connectivity index (χ0) is 14.8. The molecular weight excluding hydrogens is 260 g/mol. The van der Waals surface area contributed by atoms with E-state index in [0.29, 0.717) is 0 Å². The Morgan fingerprint density at radius 2 is 1.86 bits per heavy atom. The zero-order valence-electron chi connectivity index (χ0n) is 12.8. The van der Waals surface area contributed by atoms with E-state index in [9.17, 15) is 0 Å². The first-order valence-corrected chi connectivity index (χ1v) is 7.35. The minimum absolute atomic E-state index is 0.876. The quantitative estimate of drug-likeness (QED) is 0.707. The second-order valence-corrected chi connectivity index (χ2v) is 5.27. The summed E-state index contributed by atoms with van der Waals surface area (Å²) in [5.41, 5.74) is 4.68. The number of aryl methyl sites for hydroxylation is 2. The van der Waals surface area contributed by atoms with Crippen LogP contribution in [0.15, 0.2) is 42.5 Å². The minimum atomic E-state index is 0.876. The summed E-state index contributed by atoms with van der Waals surface area (Å²) in [7, 11) is 1.69. The SMILES string of the molecule is CCCn1nc2c(C)cccc2c1-c1ccc(OC)cc1. The molecule has 0 atom stereocenters. The lowest BCUT2D eigenvalue weighted by molar-refractivity contribution is 0.415. The normalized spacial score (nSPS) is 11.0. The molecule has 0 saturated carbocycles. The van der Waals surface area contributed by atoms with Crippen LogP contribution in [0.25, 0.3) is 22.2 Å². The summed E-state index contributed by atoms with van der Waals surface area (Å²) in [4.78, 5) is 0. The van der Waals surface area contributed by atoms with Crippen molar-refractivity contribution >= 4 is 10.9 Å². The number of nitrogens with zero attached hydrogens (tertiary/aromatic N) is 2. The Morgan fingerprint density at radius 3 is 2.52 bits per heavy atom. The number of fused-ring (bicyclic) bond motifs is 1. The van der Waals surface area contributed by atoms with Gasteiger partial charge in [-0.05, 0) is 43.2 Å². The van der Waals surface area contributed by atoms with Gasteiger partial charge in [0.25, 0.3) is 0 Å². The first-order chi connectivity index (χ1) is 10.2. The van der Waals surface area contributed by atoms with Crippen molar-refractivity contribution in [1.29, 1.82) is 0 Å². The first kappa shape index (κ1) is 13.7. The van der Waals surface area contributed by atoms with Crippen molar-refractivity contribution in [3.05, 3.63) is 48.0 Å². The Hall–Kier alpha value is -2.29. The lowest BCUT2D eigenvalue weighted by Gasteiger charge is -2.07. The Bertz CT molecular complexity index is 757. The van der Waals surface area contributed by atoms with E-state index in [4.69, 9.17) is 9.84 Å². The highest BCUT2D eigenvalue weighted by Gasteiger charge is 2.14. The molecule has 0 bridgehead atoms. The molecule has 0 radical (unpaired) electrons. The van der Waals surface area contributed by atoms with Gasteiger partial charge in [0.1, 0.15) is 5.75 Å². The number of benzene rings is 2. The van der Waals surface area contributed by atoms with Crippen molar-refractivity contribution in [2.75, 3.05) is 7.11 Å². The molecule has 21 heavy (non-hydrogen) atoms. The molecule has 3 heteroatoms. The van der Waals surface area contributed by atoms with Gasteiger partial charge < -0.3 is 4.74 Å². The van der Waals surface area contributed by atoms with Crippen LogP contribution in [0.3, 0.4) is 0 Å². The summed E-state index contributed by atoms with van der Waals surface area (Å²) >= 11 is 0. The van der Waals surface area contributed by atoms with E-state index in [0.717, 1.165) is 24.2 Å². The summed E-state index contributed by atoms with van der Waals surface area (Å²) < 4.78 is 7.37. The van der Waals surface area contributed by atoms with Gasteiger partial charge in [-0.1, -0.05) is 25.1 Å². The van der Waals surface area contributed by atoms with Crippen molar-refractivity contribution in [3.63, 3.8) is 0 Å². The highest BCUT2D eigenvalue weighted by Crippen LogP contribution is 2.31. The third-order valence-corrected chi connectivity index (χ3v) is 3.77. The summed E-state index contributed by atoms with van der Waals surface area (Å²) in [5.74, 6) is 0.876. The third kappa shape index (κ3) is 2.40. The first-order valence-electron chi connectivity index (χ1n) is 7.35. The molecule has 2 aromatic carbocycles. The molecule has 0 unspecified atom stereocenters. The van der Waals surface area contributed by atoms with E-state index >= 15 is 0 Å². The van der Waals surface area contributed by atoms with Gasteiger partial charge in [-0.15, -0.1) is 0 Å². The van der Waals surface area contributed by atoms with Crippen LogP contribution in [-0.2, 0) is 6.54 Å². The Morgan fingerprint density at radius 1 is 1.10 bits per heavy atom. The maximum absolute atomic E-state index is 5.25. The molecule has 108 valence electrons. The fourth-order valence-corrected chi connectivity index (χ4v) is 2.72. The topological polar surface area (TPSA) is 27.1 Å². The molecule has 1 heterocycles. The number of hydrogen-bond donors (Lipinski definition) is 0. The van der Waals surface area contributed by atoms with Gasteiger partial charge in [0.05, 0.1) is 18.3 Å². The van der Waals surface area contributed by atoms with Crippen LogP contribution in [0.5, 0.6) is 5.75 Å². The second-order valence-electron chi connectivity index (χ2n) is 5.27. The predicted molar refractivity (Wildman–Crippen MR) is 86.7 cm³/mol. The molecule has 1 aromatic heterocycles. The largest absolute Gasteiger partial charge is 0.497 e. The zero-order valence-corrected chi connectivity index (χ0v) is 12.8. The van der Waals surface area contributed by atoms with Crippen LogP contribution in [-0.4, -0.2) is 16.9 Å². The maximum Gasteiger partial charge on any atom is 0.118 e. The van der Waals surface area contributed by atoms with E-state index in [1.165, 1.54) is 22.2 Å². The predicted octanol–water partition coefficient (Wildman–Crippen LogP) is 4.43. The smallest absolute Gasteiger partial charge is 0.118 e. The highest BCUT2D eigenvalue weighted by atomic mass is 16.5. The number of methoxy groups -OCH3 is 1. The molecule has 0 aliphatic carbocycles. The average molecular weight is 280 g/mol. The molecule has 0 N–H and O–H groups in total. The summed E-state index contributed by atoms with van der Waals surface area (Å²) in [6.45, 7) is 5.22. The maximum atomic E-state index is 5.25. The Labute approximate surface area is 125 Å². The van der Waals surface area contributed by atoms with Gasteiger partial charge in [0.15, 0.2) is 0 Å². The molecule has 0 spiro atoms. The highest BCUT2D eigenvalue weighted by molar-refractivity contribution is 5.95. The van der Waals surface area contributed by atoms with Gasteiger partial charge in [0, 0.05) is 17.5 Å². The van der Waals surface area contributed by atoms with Crippen molar-refractivity contribution in [2.24, 2.45) is 0 Å². The number of aromatic nitrogens is 2. The van der Waals surface area contributed by atoms with Gasteiger partial charge in [-0.25, -0.2) is 0 Å². The van der Waals surface area contributed by atoms with Gasteiger partial charge in [-0.2, -0.15) is 5.10 Å². The summed E-state index contributed by atoms with van der Waals surface area (Å²) in [5, 5.41) is 6.02. The molecule has 3 nitrogen and oxygen atoms in total. The lowest BCUT2D eigenvalue weighted by atomic mass is 10.1. The monoisotopic (exact) mass is 280 g/mol. The molecule has 0 amide bonds. The fourth-order valence-electron chi connectivity index (χ4n) is 2.72. The second kappa shape index (κ2) is 5.60. The fraction of sp³-hybridized carbons (Fsp3) is 0.278. The molecule has 0 aliphatic rings. The molecule has 0 fully saturated rings. The molecule has 3 aromatic rings. The Kier molecular flexibility index (Phi) is 3.65. The van der Waals surface area contributed by atoms with E-state index in [1.807, 2.05) is 12.1 Å². The number of ether oxygens (including phenoxy) is 1. The number of rotatable bonds is 4. The summed E-state index contributed by atoms with van der Waals surface area (Å²) in [6, 6.07) is 14.6. The third-order valence-electron chi connectivity index (χ3n) is 3.77. The molecule has 3 rings (SSSR count). The van der Waals surface area contributed by atoms with Crippen molar-refractivity contribution < 1.29 is 4.74 Å². The molecule has 0 aliphatic heterocycles. The molecular formula is C18H20N2O. The minimum Gasteiger partial charge on any atom is -0.497 e. The molecule has 0 saturated heterocycles. The van der Waals surface area contributed by atoms with Crippen LogP contribution < -0.4 is 4.74 Å². The van der Waals surface area contributed by atoms with Crippen molar-refractivity contribution in [1.82, 2.24) is 9.78 Å². The lowest BCUT2D eigenvalue weighted by Crippen LogP contribution is -2.01. The van der Waals surface area contributed by atoms with Crippen molar-refractivity contribution in [2.45, 2.75) is 26.8 Å². The average Bonchev–Trinajstić information content (AvgIpc) is 2.87. The summed E-state index contributed by atoms with van der Waals surface area (Å²) in [6.07, 6.45) is 1.07. The van der Waals surface area contributed by atoms with Crippen LogP contribution in [0.1, 0.15) is 18.9 Å². The van der Waals surface area contributed by atoms with E-state index in [-0.39, 0.29) is 0 Å². The van der Waals surface area contributed by atoms with Gasteiger partial charge in [-0.3, -0.25) is 4.68 Å². The van der Waals surface area contributed by atoms with E-state index in [2.05, 4.69) is 48.9 Å². The van der Waals surface area contributed by atoms with Crippen LogP contribution >= 0.6 is 0 Å². The van der Waals surface area contributed by atoms with E-state index in [1.54, 1.807) is 7.11 Å². The van der Waals surface area contributed by atoms with Crippen LogP contribution in [0.4, 0.5) is 0 Å².